The Morgan fingerprint density at radius 2 is 0.956 bits per heavy atom. The fourth-order valence-electron chi connectivity index (χ4n) is 5.42. The van der Waals surface area contributed by atoms with Gasteiger partial charge in [0.05, 0.1) is 0 Å². The number of aliphatic hydroxyl groups excluding tert-OH is 1. The van der Waals surface area contributed by atoms with Gasteiger partial charge in [0.15, 0.2) is 0 Å². The highest BCUT2D eigenvalue weighted by molar-refractivity contribution is 5.67. The summed E-state index contributed by atoms with van der Waals surface area (Å²) < 4.78 is 5.93. The zero-order valence-electron chi connectivity index (χ0n) is 30.2. The Labute approximate surface area is 280 Å². The molecule has 1 N–H and O–H groups in total. The van der Waals surface area contributed by atoms with Crippen LogP contribution in [0.2, 0.25) is 0 Å². The molecule has 0 fully saturated rings. The molecule has 0 aromatic rings. The fraction of sp³-hybridized carbons (Fsp3) is 0.780. The number of nitrogens with zero attached hydrogens (tertiary/aromatic N) is 1. The minimum atomic E-state index is -0.238. The topological polar surface area (TPSA) is 49.8 Å². The zero-order chi connectivity index (χ0) is 32.9. The first-order chi connectivity index (χ1) is 22.2. The van der Waals surface area contributed by atoms with Crippen LogP contribution in [-0.2, 0) is 4.74 Å². The Morgan fingerprint density at radius 1 is 0.556 bits per heavy atom. The maximum atomic E-state index is 12.6. The molecule has 0 aliphatic rings. The molecule has 0 spiro atoms. The van der Waals surface area contributed by atoms with E-state index >= 15 is 0 Å². The van der Waals surface area contributed by atoms with Crippen LogP contribution in [-0.4, -0.2) is 42.4 Å². The monoisotopic (exact) mass is 630 g/mol. The molecule has 0 aliphatic carbocycles. The van der Waals surface area contributed by atoms with Gasteiger partial charge in [-0.3, -0.25) is 0 Å². The predicted octanol–water partition coefficient (Wildman–Crippen LogP) is 12.8. The van der Waals surface area contributed by atoms with Crippen LogP contribution in [0.1, 0.15) is 181 Å². The van der Waals surface area contributed by atoms with Crippen LogP contribution in [0.25, 0.3) is 0 Å². The number of unbranched alkanes of at least 4 members (excludes halogenated alkanes) is 17. The molecular formula is C41H75NO3. The molecule has 1 amide bonds. The van der Waals surface area contributed by atoms with Crippen LogP contribution in [0.5, 0.6) is 0 Å². The number of allylic oxidation sites excluding steroid dienone is 8. The van der Waals surface area contributed by atoms with E-state index in [4.69, 9.17) is 9.84 Å². The molecule has 0 bridgehead atoms. The van der Waals surface area contributed by atoms with Gasteiger partial charge >= 0.3 is 6.09 Å². The summed E-state index contributed by atoms with van der Waals surface area (Å²) in [6, 6.07) is 0. The van der Waals surface area contributed by atoms with Crippen LogP contribution in [0, 0.1) is 0 Å². The third-order valence-corrected chi connectivity index (χ3v) is 8.43. The molecule has 0 aromatic heterocycles. The summed E-state index contributed by atoms with van der Waals surface area (Å²) in [5, 5.41) is 9.10. The van der Waals surface area contributed by atoms with Gasteiger partial charge in [-0.25, -0.2) is 4.79 Å². The lowest BCUT2D eigenvalue weighted by Gasteiger charge is -2.23. The van der Waals surface area contributed by atoms with Gasteiger partial charge in [-0.15, -0.1) is 0 Å². The lowest BCUT2D eigenvalue weighted by atomic mass is 10.0. The molecule has 0 saturated carbocycles. The van der Waals surface area contributed by atoms with E-state index in [-0.39, 0.29) is 18.8 Å². The van der Waals surface area contributed by atoms with Crippen LogP contribution in [0.3, 0.4) is 0 Å². The van der Waals surface area contributed by atoms with Gasteiger partial charge in [0.1, 0.15) is 6.10 Å². The highest BCUT2D eigenvalue weighted by Gasteiger charge is 2.17. The summed E-state index contributed by atoms with van der Waals surface area (Å²) in [4.78, 5) is 14.2. The standard InChI is InChI=1S/C41H75NO3/c1-4-6-8-10-12-14-16-18-20-22-24-26-28-30-32-34-37-40(45-41(44)42(3)38-35-39-43)36-33-31-29-27-25-23-21-19-17-15-13-11-9-7-5-2/h11-14,17-20,40,43H,4-10,15-16,21-39H2,1-3H3/b13-11-,14-12-,19-17-,20-18-. The number of hydrogen-bond donors (Lipinski definition) is 1. The van der Waals surface area contributed by atoms with Crippen molar-refractivity contribution in [2.24, 2.45) is 0 Å². The molecule has 45 heavy (non-hydrogen) atoms. The summed E-state index contributed by atoms with van der Waals surface area (Å²) in [6.45, 7) is 5.13. The van der Waals surface area contributed by atoms with E-state index in [1.807, 2.05) is 0 Å². The van der Waals surface area contributed by atoms with Gasteiger partial charge in [-0.05, 0) is 89.9 Å². The van der Waals surface area contributed by atoms with Crippen molar-refractivity contribution in [1.82, 2.24) is 4.90 Å². The first kappa shape index (κ1) is 43.2. The second-order valence-electron chi connectivity index (χ2n) is 12.9. The fourth-order valence-corrected chi connectivity index (χ4v) is 5.42. The molecule has 0 radical (unpaired) electrons. The maximum Gasteiger partial charge on any atom is 0.409 e. The Kier molecular flexibility index (Phi) is 35.2. The van der Waals surface area contributed by atoms with Gasteiger partial charge in [0.25, 0.3) is 0 Å². The summed E-state index contributed by atoms with van der Waals surface area (Å²) in [5.41, 5.74) is 0. The maximum absolute atomic E-state index is 12.6. The van der Waals surface area contributed by atoms with Crippen LogP contribution in [0.15, 0.2) is 48.6 Å². The van der Waals surface area contributed by atoms with Crippen LogP contribution in [0.4, 0.5) is 4.79 Å². The first-order valence-corrected chi connectivity index (χ1v) is 19.3. The highest BCUT2D eigenvalue weighted by atomic mass is 16.6. The summed E-state index contributed by atoms with van der Waals surface area (Å²) >= 11 is 0. The van der Waals surface area contributed by atoms with E-state index in [2.05, 4.69) is 62.5 Å². The lowest BCUT2D eigenvalue weighted by molar-refractivity contribution is 0.0571. The number of carbonyl (C=O) groups is 1. The summed E-state index contributed by atoms with van der Waals surface area (Å²) in [7, 11) is 1.77. The molecule has 0 aliphatic heterocycles. The molecule has 4 heteroatoms. The first-order valence-electron chi connectivity index (χ1n) is 19.3. The summed E-state index contributed by atoms with van der Waals surface area (Å²) in [6.07, 6.45) is 49.4. The molecule has 0 aromatic carbocycles. The molecule has 0 rings (SSSR count). The molecule has 1 unspecified atom stereocenters. The Hall–Kier alpha value is -1.81. The molecule has 4 nitrogen and oxygen atoms in total. The van der Waals surface area contributed by atoms with E-state index < -0.39 is 0 Å². The second kappa shape index (κ2) is 36.7. The summed E-state index contributed by atoms with van der Waals surface area (Å²) in [5.74, 6) is 0. The van der Waals surface area contributed by atoms with E-state index in [0.29, 0.717) is 13.0 Å². The van der Waals surface area contributed by atoms with Crippen molar-refractivity contribution in [3.05, 3.63) is 48.6 Å². The van der Waals surface area contributed by atoms with Crippen LogP contribution >= 0.6 is 0 Å². The third-order valence-electron chi connectivity index (χ3n) is 8.43. The molecular weight excluding hydrogens is 554 g/mol. The van der Waals surface area contributed by atoms with Crippen LogP contribution < -0.4 is 0 Å². The minimum Gasteiger partial charge on any atom is -0.446 e. The third kappa shape index (κ3) is 33.4. The minimum absolute atomic E-state index is 0.0149. The van der Waals surface area contributed by atoms with Crippen molar-refractivity contribution in [2.45, 2.75) is 187 Å². The molecule has 0 heterocycles. The normalized spacial score (nSPS) is 12.8. The average molecular weight is 630 g/mol. The van der Waals surface area contributed by atoms with Crippen molar-refractivity contribution >= 4 is 6.09 Å². The Morgan fingerprint density at radius 3 is 1.40 bits per heavy atom. The Balaban J connectivity index is 4.06. The van der Waals surface area contributed by atoms with Gasteiger partial charge in [0, 0.05) is 20.2 Å². The van der Waals surface area contributed by atoms with E-state index in [1.54, 1.807) is 11.9 Å². The number of aliphatic hydroxyl groups is 1. The van der Waals surface area contributed by atoms with E-state index in [0.717, 1.165) is 38.5 Å². The Bertz CT molecular complexity index is 726. The largest absolute Gasteiger partial charge is 0.446 e. The number of hydrogen-bond acceptors (Lipinski definition) is 3. The molecule has 0 saturated heterocycles. The van der Waals surface area contributed by atoms with Crippen molar-refractivity contribution in [2.75, 3.05) is 20.2 Å². The van der Waals surface area contributed by atoms with Gasteiger partial charge in [-0.1, -0.05) is 140 Å². The zero-order valence-corrected chi connectivity index (χ0v) is 30.2. The van der Waals surface area contributed by atoms with Gasteiger partial charge in [-0.2, -0.15) is 0 Å². The lowest BCUT2D eigenvalue weighted by Crippen LogP contribution is -2.32. The van der Waals surface area contributed by atoms with E-state index in [9.17, 15) is 4.79 Å². The van der Waals surface area contributed by atoms with Crippen molar-refractivity contribution in [3.63, 3.8) is 0 Å². The van der Waals surface area contributed by atoms with Crippen molar-refractivity contribution < 1.29 is 14.6 Å². The van der Waals surface area contributed by atoms with Gasteiger partial charge in [0.2, 0.25) is 0 Å². The highest BCUT2D eigenvalue weighted by Crippen LogP contribution is 2.18. The second-order valence-corrected chi connectivity index (χ2v) is 12.9. The number of ether oxygens (including phenoxy) is 1. The van der Waals surface area contributed by atoms with Gasteiger partial charge < -0.3 is 14.7 Å². The number of amides is 1. The van der Waals surface area contributed by atoms with Crippen molar-refractivity contribution in [1.29, 1.82) is 0 Å². The smallest absolute Gasteiger partial charge is 0.409 e. The molecule has 262 valence electrons. The number of carbonyl (C=O) groups excluding carboxylic acids is 1. The average Bonchev–Trinajstić information content (AvgIpc) is 3.04. The van der Waals surface area contributed by atoms with E-state index in [1.165, 1.54) is 122 Å². The van der Waals surface area contributed by atoms with Crippen molar-refractivity contribution in [3.8, 4) is 0 Å². The number of rotatable bonds is 33. The molecule has 1 atom stereocenters. The SMILES string of the molecule is CCCC/C=C\C/C=C\CCCCCCCCC(CCCCCCCC/C=C\C/C=C\CCCCC)OC(=O)N(C)CCCO. The predicted molar refractivity (Wildman–Crippen MR) is 198 cm³/mol. The quantitative estimate of drug-likeness (QED) is 0.0580.